The average Bonchev–Trinajstić information content (AvgIpc) is 3.61. The van der Waals surface area contributed by atoms with Crippen molar-refractivity contribution >= 4 is 11.9 Å². The van der Waals surface area contributed by atoms with Gasteiger partial charge in [-0.2, -0.15) is 0 Å². The Hall–Kier alpha value is -2.37. The van der Waals surface area contributed by atoms with Gasteiger partial charge in [0.15, 0.2) is 0 Å². The standard InChI is InChI=1S/C21H26N4O2/c1-14(19(26)25-11-9-21(7-8-21)10-12-25)22-20-24-23-18(27-20)17-13-16(17)15-5-3-2-4-6-15/h2-6,14,16-17H,7-13H2,1H3,(H,22,24)/t14?,16?,17-/m0/s1. The molecule has 2 aliphatic carbocycles. The Morgan fingerprint density at radius 2 is 1.89 bits per heavy atom. The van der Waals surface area contributed by atoms with Crippen LogP contribution in [-0.2, 0) is 4.79 Å². The number of hydrogen-bond donors (Lipinski definition) is 1. The van der Waals surface area contributed by atoms with Gasteiger partial charge in [0.1, 0.15) is 6.04 Å². The third-order valence-electron chi connectivity index (χ3n) is 6.58. The van der Waals surface area contributed by atoms with E-state index in [0.717, 1.165) is 32.4 Å². The first-order valence-corrected chi connectivity index (χ1v) is 10.1. The number of anilines is 1. The molecule has 0 bridgehead atoms. The van der Waals surface area contributed by atoms with Gasteiger partial charge in [0.2, 0.25) is 11.8 Å². The van der Waals surface area contributed by atoms with Crippen molar-refractivity contribution in [3.05, 3.63) is 41.8 Å². The molecule has 2 unspecified atom stereocenters. The van der Waals surface area contributed by atoms with Crippen molar-refractivity contribution in [2.24, 2.45) is 5.41 Å². The Morgan fingerprint density at radius 1 is 1.15 bits per heavy atom. The molecule has 0 radical (unpaired) electrons. The molecule has 1 aliphatic heterocycles. The lowest BCUT2D eigenvalue weighted by atomic mass is 9.93. The maximum atomic E-state index is 12.7. The van der Waals surface area contributed by atoms with Crippen LogP contribution < -0.4 is 5.32 Å². The number of carbonyl (C=O) groups is 1. The Morgan fingerprint density at radius 3 is 2.59 bits per heavy atom. The molecule has 27 heavy (non-hydrogen) atoms. The maximum absolute atomic E-state index is 12.7. The summed E-state index contributed by atoms with van der Waals surface area (Å²) in [6.07, 6.45) is 6.03. The van der Waals surface area contributed by atoms with E-state index in [1.165, 1.54) is 18.4 Å². The van der Waals surface area contributed by atoms with Crippen LogP contribution in [0.5, 0.6) is 0 Å². The molecule has 2 aromatic rings. The summed E-state index contributed by atoms with van der Waals surface area (Å²) in [4.78, 5) is 14.7. The molecule has 5 rings (SSSR count). The highest BCUT2D eigenvalue weighted by Gasteiger charge is 2.46. The molecule has 2 heterocycles. The van der Waals surface area contributed by atoms with Crippen molar-refractivity contribution in [3.63, 3.8) is 0 Å². The van der Waals surface area contributed by atoms with Crippen molar-refractivity contribution in [2.45, 2.75) is 56.9 Å². The predicted octanol–water partition coefficient (Wildman–Crippen LogP) is 3.54. The Balaban J connectivity index is 1.17. The van der Waals surface area contributed by atoms with Crippen LogP contribution in [-0.4, -0.2) is 40.1 Å². The molecule has 3 aliphatic rings. The highest BCUT2D eigenvalue weighted by atomic mass is 16.4. The summed E-state index contributed by atoms with van der Waals surface area (Å²) in [5.41, 5.74) is 1.89. The topological polar surface area (TPSA) is 71.3 Å². The quantitative estimate of drug-likeness (QED) is 0.876. The molecule has 142 valence electrons. The lowest BCUT2D eigenvalue weighted by Gasteiger charge is -2.33. The summed E-state index contributed by atoms with van der Waals surface area (Å²) in [5, 5.41) is 11.4. The first-order valence-electron chi connectivity index (χ1n) is 10.1. The van der Waals surface area contributed by atoms with Gasteiger partial charge in [-0.15, -0.1) is 5.10 Å². The highest BCUT2D eigenvalue weighted by molar-refractivity contribution is 5.83. The van der Waals surface area contributed by atoms with E-state index in [1.807, 2.05) is 17.9 Å². The van der Waals surface area contributed by atoms with E-state index in [9.17, 15) is 4.79 Å². The molecule has 1 spiro atoms. The van der Waals surface area contributed by atoms with E-state index < -0.39 is 0 Å². The fourth-order valence-corrected chi connectivity index (χ4v) is 4.38. The second-order valence-corrected chi connectivity index (χ2v) is 8.50. The van der Waals surface area contributed by atoms with E-state index in [1.54, 1.807) is 0 Å². The number of aromatic nitrogens is 2. The minimum absolute atomic E-state index is 0.124. The number of carbonyl (C=O) groups excluding carboxylic acids is 1. The summed E-state index contributed by atoms with van der Waals surface area (Å²) >= 11 is 0. The van der Waals surface area contributed by atoms with Crippen LogP contribution in [0.25, 0.3) is 0 Å². The highest BCUT2D eigenvalue weighted by Crippen LogP contribution is 2.54. The zero-order valence-electron chi connectivity index (χ0n) is 15.7. The zero-order valence-corrected chi connectivity index (χ0v) is 15.7. The van der Waals surface area contributed by atoms with Crippen molar-refractivity contribution in [1.82, 2.24) is 15.1 Å². The number of piperidine rings is 1. The fourth-order valence-electron chi connectivity index (χ4n) is 4.38. The van der Waals surface area contributed by atoms with Gasteiger partial charge in [-0.25, -0.2) is 0 Å². The largest absolute Gasteiger partial charge is 0.408 e. The van der Waals surface area contributed by atoms with Crippen LogP contribution in [0.3, 0.4) is 0 Å². The molecule has 6 nitrogen and oxygen atoms in total. The van der Waals surface area contributed by atoms with Crippen LogP contribution in [0, 0.1) is 5.41 Å². The van der Waals surface area contributed by atoms with Crippen LogP contribution >= 0.6 is 0 Å². The van der Waals surface area contributed by atoms with Gasteiger partial charge < -0.3 is 14.6 Å². The van der Waals surface area contributed by atoms with Gasteiger partial charge in [0.05, 0.1) is 0 Å². The molecular weight excluding hydrogens is 340 g/mol. The maximum Gasteiger partial charge on any atom is 0.316 e. The fraction of sp³-hybridized carbons (Fsp3) is 0.571. The van der Waals surface area contributed by atoms with Crippen molar-refractivity contribution in [2.75, 3.05) is 18.4 Å². The van der Waals surface area contributed by atoms with Crippen LogP contribution in [0.15, 0.2) is 34.7 Å². The lowest BCUT2D eigenvalue weighted by molar-refractivity contribution is -0.133. The number of nitrogens with zero attached hydrogens (tertiary/aromatic N) is 3. The first kappa shape index (κ1) is 16.8. The van der Waals surface area contributed by atoms with Gasteiger partial charge in [0, 0.05) is 19.0 Å². The third-order valence-corrected chi connectivity index (χ3v) is 6.58. The SMILES string of the molecule is CC(Nc1nnc([C@H]2CC2c2ccccc2)o1)C(=O)N1CCC2(CC1)CC2. The lowest BCUT2D eigenvalue weighted by Crippen LogP contribution is -2.45. The number of amides is 1. The van der Waals surface area contributed by atoms with E-state index in [4.69, 9.17) is 4.42 Å². The molecule has 3 atom stereocenters. The molecule has 1 aromatic carbocycles. The Bertz CT molecular complexity index is 820. The van der Waals surface area contributed by atoms with Crippen LogP contribution in [0.2, 0.25) is 0 Å². The first-order chi connectivity index (χ1) is 13.1. The average molecular weight is 366 g/mol. The summed E-state index contributed by atoms with van der Waals surface area (Å²) < 4.78 is 5.81. The van der Waals surface area contributed by atoms with Gasteiger partial charge in [-0.1, -0.05) is 35.4 Å². The monoisotopic (exact) mass is 366 g/mol. The van der Waals surface area contributed by atoms with Gasteiger partial charge in [-0.3, -0.25) is 4.79 Å². The number of benzene rings is 1. The van der Waals surface area contributed by atoms with E-state index in [-0.39, 0.29) is 11.9 Å². The van der Waals surface area contributed by atoms with Crippen molar-refractivity contribution in [3.8, 4) is 0 Å². The molecule has 2 saturated carbocycles. The molecule has 1 aromatic heterocycles. The Kier molecular flexibility index (Phi) is 3.95. The third kappa shape index (κ3) is 3.33. The second-order valence-electron chi connectivity index (χ2n) is 8.50. The van der Waals surface area contributed by atoms with Crippen LogP contribution in [0.1, 0.15) is 62.3 Å². The summed E-state index contributed by atoms with van der Waals surface area (Å²) in [6.45, 7) is 3.62. The Labute approximate surface area is 159 Å². The molecule has 1 N–H and O–H groups in total. The smallest absolute Gasteiger partial charge is 0.316 e. The minimum Gasteiger partial charge on any atom is -0.408 e. The van der Waals surface area contributed by atoms with Gasteiger partial charge in [0.25, 0.3) is 0 Å². The summed E-state index contributed by atoms with van der Waals surface area (Å²) in [7, 11) is 0. The minimum atomic E-state index is -0.351. The van der Waals surface area contributed by atoms with Gasteiger partial charge >= 0.3 is 6.01 Å². The molecule has 1 amide bonds. The number of nitrogens with one attached hydrogen (secondary N) is 1. The molecule has 6 heteroatoms. The molecular formula is C21H26N4O2. The van der Waals surface area contributed by atoms with E-state index in [2.05, 4.69) is 39.8 Å². The predicted molar refractivity (Wildman–Crippen MR) is 101 cm³/mol. The normalized spacial score (nSPS) is 26.6. The molecule has 3 fully saturated rings. The van der Waals surface area contributed by atoms with E-state index in [0.29, 0.717) is 29.2 Å². The molecule has 1 saturated heterocycles. The zero-order chi connectivity index (χ0) is 18.4. The van der Waals surface area contributed by atoms with Gasteiger partial charge in [-0.05, 0) is 55.9 Å². The van der Waals surface area contributed by atoms with Crippen molar-refractivity contribution in [1.29, 1.82) is 0 Å². The number of hydrogen-bond acceptors (Lipinski definition) is 5. The number of rotatable bonds is 5. The summed E-state index contributed by atoms with van der Waals surface area (Å²) in [5.74, 6) is 1.54. The number of likely N-dealkylation sites (tertiary alicyclic amines) is 1. The van der Waals surface area contributed by atoms with Crippen LogP contribution in [0.4, 0.5) is 6.01 Å². The van der Waals surface area contributed by atoms with Crippen molar-refractivity contribution < 1.29 is 9.21 Å². The van der Waals surface area contributed by atoms with E-state index >= 15 is 0 Å². The second kappa shape index (κ2) is 6.36. The summed E-state index contributed by atoms with van der Waals surface area (Å²) in [6, 6.07) is 10.4.